The summed E-state index contributed by atoms with van der Waals surface area (Å²) in [6.45, 7) is 1.17. The molecule has 0 atom stereocenters. The van der Waals surface area contributed by atoms with Crippen LogP contribution in [0.2, 0.25) is 0 Å². The third-order valence-electron chi connectivity index (χ3n) is 6.32. The summed E-state index contributed by atoms with van der Waals surface area (Å²) in [7, 11) is 3.60. The van der Waals surface area contributed by atoms with E-state index < -0.39 is 0 Å². The van der Waals surface area contributed by atoms with E-state index in [1.54, 1.807) is 7.11 Å². The van der Waals surface area contributed by atoms with E-state index in [2.05, 4.69) is 36.9 Å². The Labute approximate surface area is 184 Å². The van der Waals surface area contributed by atoms with E-state index in [9.17, 15) is 0 Å². The van der Waals surface area contributed by atoms with Gasteiger partial charge in [-0.05, 0) is 48.9 Å². The molecule has 4 aromatic rings. The van der Waals surface area contributed by atoms with Crippen molar-refractivity contribution in [3.8, 4) is 11.6 Å². The van der Waals surface area contributed by atoms with Crippen LogP contribution in [0.5, 0.6) is 5.75 Å². The molecule has 0 radical (unpaired) electrons. The van der Waals surface area contributed by atoms with E-state index in [4.69, 9.17) is 4.74 Å². The molecule has 2 bridgehead atoms. The number of pyridine rings is 1. The van der Waals surface area contributed by atoms with Gasteiger partial charge in [0.2, 0.25) is 0 Å². The number of nitrogens with one attached hydrogen (secondary N) is 1. The zero-order valence-electron chi connectivity index (χ0n) is 17.4. The lowest BCUT2D eigenvalue weighted by molar-refractivity contribution is 0.381. The average Bonchev–Trinajstić information content (AvgIpc) is 3.55. The van der Waals surface area contributed by atoms with Crippen molar-refractivity contribution < 1.29 is 4.74 Å². The number of methoxy groups -OCH3 is 1. The number of benzene rings is 1. The summed E-state index contributed by atoms with van der Waals surface area (Å²) in [6, 6.07) is 8.91. The Morgan fingerprint density at radius 2 is 2.06 bits per heavy atom. The summed E-state index contributed by atoms with van der Waals surface area (Å²) < 4.78 is 12.7. The van der Waals surface area contributed by atoms with Crippen molar-refractivity contribution in [1.29, 1.82) is 0 Å². The molecule has 1 aromatic carbocycles. The van der Waals surface area contributed by atoms with Gasteiger partial charge in [0.1, 0.15) is 11.4 Å². The van der Waals surface area contributed by atoms with Crippen LogP contribution >= 0.6 is 11.9 Å². The molecular formula is C22H23N7OS. The standard InChI is InChI=1S/C22H23N7OS/c1-27-22-15(10-24-27)3-4-19(30-2)21(22)26-31-18-11-25-29(13-18)20-9-16(5-6-23-20)28-12-14-7-17(28)8-14/h3-6,9-11,13-14,17,26H,7-8,12H2,1-2H3. The molecule has 7 rings (SSSR count). The SMILES string of the molecule is COc1ccc2cnn(C)c2c1NSc1cnn(-c2cc(N3CC4CC3C4)ccn2)c1. The molecule has 158 valence electrons. The second-order valence-corrected chi connectivity index (χ2v) is 9.07. The third kappa shape index (κ3) is 3.11. The van der Waals surface area contributed by atoms with Crippen molar-refractivity contribution in [3.05, 3.63) is 49.1 Å². The molecule has 3 aromatic heterocycles. The van der Waals surface area contributed by atoms with Crippen molar-refractivity contribution in [2.45, 2.75) is 23.8 Å². The summed E-state index contributed by atoms with van der Waals surface area (Å²) in [6.07, 6.45) is 10.2. The molecule has 0 spiro atoms. The predicted molar refractivity (Wildman–Crippen MR) is 122 cm³/mol. The van der Waals surface area contributed by atoms with Gasteiger partial charge in [-0.3, -0.25) is 4.68 Å². The Morgan fingerprint density at radius 3 is 2.87 bits per heavy atom. The smallest absolute Gasteiger partial charge is 0.155 e. The zero-order chi connectivity index (χ0) is 20.9. The van der Waals surface area contributed by atoms with Gasteiger partial charge in [0.25, 0.3) is 0 Å². The first-order chi connectivity index (χ1) is 15.2. The Hall–Kier alpha value is -3.20. The molecule has 1 saturated carbocycles. The number of rotatable bonds is 6. The summed E-state index contributed by atoms with van der Waals surface area (Å²) in [4.78, 5) is 8.03. The van der Waals surface area contributed by atoms with Gasteiger partial charge in [-0.1, -0.05) is 0 Å². The van der Waals surface area contributed by atoms with E-state index in [0.29, 0.717) is 6.04 Å². The zero-order valence-corrected chi connectivity index (χ0v) is 18.2. The number of aromatic nitrogens is 5. The molecule has 5 heterocycles. The fraction of sp³-hybridized carbons (Fsp3) is 0.318. The molecule has 1 N–H and O–H groups in total. The molecule has 3 aliphatic rings. The quantitative estimate of drug-likeness (QED) is 0.463. The van der Waals surface area contributed by atoms with Crippen molar-refractivity contribution >= 4 is 34.2 Å². The fourth-order valence-corrected chi connectivity index (χ4v) is 5.34. The molecule has 8 nitrogen and oxygen atoms in total. The average molecular weight is 434 g/mol. The highest BCUT2D eigenvalue weighted by Gasteiger charge is 2.42. The molecule has 9 heteroatoms. The molecule has 31 heavy (non-hydrogen) atoms. The van der Waals surface area contributed by atoms with Crippen LogP contribution in [0, 0.1) is 5.92 Å². The number of anilines is 2. The topological polar surface area (TPSA) is 73.0 Å². The Morgan fingerprint density at radius 1 is 1.16 bits per heavy atom. The fourth-order valence-electron chi connectivity index (χ4n) is 4.67. The van der Waals surface area contributed by atoms with E-state index in [1.165, 1.54) is 37.0 Å². The number of fused-ring (bicyclic) bond motifs is 2. The first-order valence-electron chi connectivity index (χ1n) is 10.4. The van der Waals surface area contributed by atoms with Crippen molar-refractivity contribution in [2.75, 3.05) is 23.3 Å². The van der Waals surface area contributed by atoms with Gasteiger partial charge in [0.05, 0.1) is 29.9 Å². The highest BCUT2D eigenvalue weighted by atomic mass is 32.2. The van der Waals surface area contributed by atoms with E-state index in [1.807, 2.05) is 53.3 Å². The van der Waals surface area contributed by atoms with Crippen molar-refractivity contribution in [1.82, 2.24) is 24.5 Å². The van der Waals surface area contributed by atoms with Crippen LogP contribution < -0.4 is 14.4 Å². The van der Waals surface area contributed by atoms with Crippen molar-refractivity contribution in [3.63, 3.8) is 0 Å². The van der Waals surface area contributed by atoms with Gasteiger partial charge in [-0.25, -0.2) is 9.67 Å². The minimum Gasteiger partial charge on any atom is -0.494 e. The number of ether oxygens (including phenoxy) is 1. The van der Waals surface area contributed by atoms with Crippen LogP contribution in [0.1, 0.15) is 12.8 Å². The molecule has 3 fully saturated rings. The number of aryl methyl sites for hydroxylation is 1. The highest BCUT2D eigenvalue weighted by Crippen LogP contribution is 2.43. The van der Waals surface area contributed by atoms with Crippen LogP contribution in [0.25, 0.3) is 16.7 Å². The second kappa shape index (κ2) is 7.19. The minimum absolute atomic E-state index is 0.706. The first-order valence-corrected chi connectivity index (χ1v) is 11.2. The van der Waals surface area contributed by atoms with Gasteiger partial charge in [-0.15, -0.1) is 0 Å². The predicted octanol–water partition coefficient (Wildman–Crippen LogP) is 3.88. The number of hydrogen-bond donors (Lipinski definition) is 1. The normalized spacial score (nSPS) is 19.6. The van der Waals surface area contributed by atoms with Crippen LogP contribution in [0.3, 0.4) is 0 Å². The Kier molecular flexibility index (Phi) is 4.31. The molecule has 0 unspecified atom stereocenters. The van der Waals surface area contributed by atoms with Crippen LogP contribution in [-0.4, -0.2) is 44.2 Å². The summed E-state index contributed by atoms with van der Waals surface area (Å²) in [5.41, 5.74) is 3.13. The molecule has 2 saturated heterocycles. The first kappa shape index (κ1) is 18.6. The minimum atomic E-state index is 0.706. The van der Waals surface area contributed by atoms with Crippen LogP contribution in [0.15, 0.2) is 53.9 Å². The molecular weight excluding hydrogens is 410 g/mol. The Balaban J connectivity index is 1.23. The second-order valence-electron chi connectivity index (χ2n) is 8.19. The van der Waals surface area contributed by atoms with Crippen molar-refractivity contribution in [2.24, 2.45) is 13.0 Å². The summed E-state index contributed by atoms with van der Waals surface area (Å²) in [5.74, 6) is 2.48. The number of hydrogen-bond acceptors (Lipinski definition) is 7. The summed E-state index contributed by atoms with van der Waals surface area (Å²) >= 11 is 1.49. The largest absolute Gasteiger partial charge is 0.494 e. The maximum Gasteiger partial charge on any atom is 0.155 e. The van der Waals surface area contributed by atoms with E-state index in [0.717, 1.165) is 39.0 Å². The van der Waals surface area contributed by atoms with Gasteiger partial charge in [-0.2, -0.15) is 10.2 Å². The molecule has 2 aliphatic heterocycles. The Bertz CT molecular complexity index is 1260. The number of nitrogens with zero attached hydrogens (tertiary/aromatic N) is 6. The third-order valence-corrected chi connectivity index (χ3v) is 7.07. The lowest BCUT2D eigenvalue weighted by Gasteiger charge is -2.27. The van der Waals surface area contributed by atoms with E-state index in [-0.39, 0.29) is 0 Å². The lowest BCUT2D eigenvalue weighted by Crippen LogP contribution is -2.28. The molecule has 1 aliphatic carbocycles. The summed E-state index contributed by atoms with van der Waals surface area (Å²) in [5, 5.41) is 9.96. The lowest BCUT2D eigenvalue weighted by atomic mass is 9.86. The molecule has 0 amide bonds. The van der Waals surface area contributed by atoms with Gasteiger partial charge in [0, 0.05) is 49.2 Å². The van der Waals surface area contributed by atoms with E-state index >= 15 is 0 Å². The highest BCUT2D eigenvalue weighted by molar-refractivity contribution is 8.00. The van der Waals surface area contributed by atoms with Crippen LogP contribution in [-0.2, 0) is 7.05 Å². The maximum atomic E-state index is 5.56. The van der Waals surface area contributed by atoms with Gasteiger partial charge < -0.3 is 14.4 Å². The monoisotopic (exact) mass is 433 g/mol. The maximum absolute atomic E-state index is 5.56. The van der Waals surface area contributed by atoms with Gasteiger partial charge in [0.15, 0.2) is 5.82 Å². The van der Waals surface area contributed by atoms with Gasteiger partial charge >= 0.3 is 0 Å². The van der Waals surface area contributed by atoms with Crippen LogP contribution in [0.4, 0.5) is 11.4 Å².